The highest BCUT2D eigenvalue weighted by molar-refractivity contribution is 7.92. The van der Waals surface area contributed by atoms with E-state index >= 15 is 0 Å². The minimum absolute atomic E-state index is 0.0651. The van der Waals surface area contributed by atoms with Crippen molar-refractivity contribution < 1.29 is 27.1 Å². The molecule has 168 valence electrons. The lowest BCUT2D eigenvalue weighted by Gasteiger charge is -2.24. The molecule has 7 nitrogen and oxygen atoms in total. The van der Waals surface area contributed by atoms with Crippen LogP contribution in [0.25, 0.3) is 0 Å². The molecule has 3 aromatic rings. The molecule has 1 amide bonds. The van der Waals surface area contributed by atoms with Crippen molar-refractivity contribution in [2.24, 2.45) is 0 Å². The molecule has 0 saturated heterocycles. The first-order valence-electron chi connectivity index (χ1n) is 9.77. The van der Waals surface area contributed by atoms with E-state index < -0.39 is 22.5 Å². The van der Waals surface area contributed by atoms with Gasteiger partial charge in [-0.2, -0.15) is 0 Å². The van der Waals surface area contributed by atoms with E-state index in [0.29, 0.717) is 17.2 Å². The molecule has 0 spiro atoms. The summed E-state index contributed by atoms with van der Waals surface area (Å²) in [5, 5.41) is 2.64. The van der Waals surface area contributed by atoms with Gasteiger partial charge in [0, 0.05) is 6.07 Å². The van der Waals surface area contributed by atoms with Crippen LogP contribution in [0.4, 0.5) is 10.1 Å². The van der Waals surface area contributed by atoms with Gasteiger partial charge in [0.05, 0.1) is 24.2 Å². The van der Waals surface area contributed by atoms with Gasteiger partial charge < -0.3 is 14.8 Å². The third-order valence-electron chi connectivity index (χ3n) is 4.47. The number of methoxy groups -OCH3 is 1. The zero-order chi connectivity index (χ0) is 23.0. The number of amides is 1. The number of halogens is 1. The first-order chi connectivity index (χ1) is 15.4. The Kier molecular flexibility index (Phi) is 7.67. The third-order valence-corrected chi connectivity index (χ3v) is 6.25. The number of carbonyl (C=O) groups excluding carboxylic acids is 1. The molecule has 0 aliphatic heterocycles. The summed E-state index contributed by atoms with van der Waals surface area (Å²) in [6.45, 7) is -0.142. The standard InChI is InChI=1S/C23H23FN2O5S/c1-30-21-7-5-6-19(16-21)26(32(28,29)22-8-3-2-4-9-22)17-23(27)25-14-15-31-20-12-10-18(24)11-13-20/h2-13,16H,14-15,17H2,1H3,(H,25,27). The molecule has 0 aliphatic carbocycles. The first-order valence-corrected chi connectivity index (χ1v) is 11.2. The molecule has 0 atom stereocenters. The first kappa shape index (κ1) is 23.1. The maximum Gasteiger partial charge on any atom is 0.264 e. The van der Waals surface area contributed by atoms with Crippen LogP contribution in [0.15, 0.2) is 83.8 Å². The molecule has 0 radical (unpaired) electrons. The molecule has 1 N–H and O–H groups in total. The van der Waals surface area contributed by atoms with E-state index in [0.717, 1.165) is 4.31 Å². The van der Waals surface area contributed by atoms with Gasteiger partial charge in [0.25, 0.3) is 10.0 Å². The second-order valence-electron chi connectivity index (χ2n) is 6.68. The maximum absolute atomic E-state index is 13.3. The Labute approximate surface area is 186 Å². The van der Waals surface area contributed by atoms with Crippen molar-refractivity contribution >= 4 is 21.6 Å². The lowest BCUT2D eigenvalue weighted by molar-refractivity contribution is -0.119. The molecule has 0 fully saturated rings. The second-order valence-corrected chi connectivity index (χ2v) is 8.54. The average molecular weight is 459 g/mol. The van der Waals surface area contributed by atoms with E-state index in [-0.39, 0.29) is 23.9 Å². The maximum atomic E-state index is 13.3. The van der Waals surface area contributed by atoms with Gasteiger partial charge in [0.15, 0.2) is 0 Å². The zero-order valence-electron chi connectivity index (χ0n) is 17.4. The van der Waals surface area contributed by atoms with Crippen molar-refractivity contribution in [3.63, 3.8) is 0 Å². The van der Waals surface area contributed by atoms with E-state index in [9.17, 15) is 17.6 Å². The number of ether oxygens (including phenoxy) is 2. The van der Waals surface area contributed by atoms with Gasteiger partial charge in [0.1, 0.15) is 30.5 Å². The average Bonchev–Trinajstić information content (AvgIpc) is 2.82. The van der Waals surface area contributed by atoms with Crippen molar-refractivity contribution in [3.8, 4) is 11.5 Å². The summed E-state index contributed by atoms with van der Waals surface area (Å²) >= 11 is 0. The molecule has 9 heteroatoms. The van der Waals surface area contributed by atoms with Gasteiger partial charge in [-0.05, 0) is 48.5 Å². The fourth-order valence-electron chi connectivity index (χ4n) is 2.88. The van der Waals surface area contributed by atoms with Crippen LogP contribution < -0.4 is 19.1 Å². The molecule has 32 heavy (non-hydrogen) atoms. The minimum atomic E-state index is -4.00. The summed E-state index contributed by atoms with van der Waals surface area (Å²) in [7, 11) is -2.53. The summed E-state index contributed by atoms with van der Waals surface area (Å²) in [6.07, 6.45) is 0. The number of nitrogens with zero attached hydrogens (tertiary/aromatic N) is 1. The van der Waals surface area contributed by atoms with Crippen molar-refractivity contribution in [2.45, 2.75) is 4.90 Å². The number of hydrogen-bond donors (Lipinski definition) is 1. The highest BCUT2D eigenvalue weighted by atomic mass is 32.2. The van der Waals surface area contributed by atoms with Crippen LogP contribution >= 0.6 is 0 Å². The van der Waals surface area contributed by atoms with Crippen LogP contribution in [-0.2, 0) is 14.8 Å². The molecule has 0 heterocycles. The van der Waals surface area contributed by atoms with E-state index in [2.05, 4.69) is 5.32 Å². The predicted molar refractivity (Wildman–Crippen MR) is 119 cm³/mol. The van der Waals surface area contributed by atoms with Gasteiger partial charge in [-0.1, -0.05) is 24.3 Å². The molecule has 3 rings (SSSR count). The lowest BCUT2D eigenvalue weighted by Crippen LogP contribution is -2.41. The number of anilines is 1. The second kappa shape index (κ2) is 10.6. The lowest BCUT2D eigenvalue weighted by atomic mass is 10.3. The monoisotopic (exact) mass is 458 g/mol. The fourth-order valence-corrected chi connectivity index (χ4v) is 4.31. The molecule has 0 bridgehead atoms. The molecule has 0 saturated carbocycles. The van der Waals surface area contributed by atoms with Crippen LogP contribution in [0, 0.1) is 5.82 Å². The summed E-state index contributed by atoms with van der Waals surface area (Å²) in [5.41, 5.74) is 0.297. The van der Waals surface area contributed by atoms with Gasteiger partial charge in [-0.3, -0.25) is 9.10 Å². The largest absolute Gasteiger partial charge is 0.497 e. The molecule has 3 aromatic carbocycles. The van der Waals surface area contributed by atoms with Crippen molar-refractivity contribution in [3.05, 3.63) is 84.7 Å². The smallest absolute Gasteiger partial charge is 0.264 e. The number of rotatable bonds is 10. The third kappa shape index (κ3) is 5.98. The highest BCUT2D eigenvalue weighted by Gasteiger charge is 2.27. The number of carbonyl (C=O) groups is 1. The van der Waals surface area contributed by atoms with Crippen LogP contribution in [0.3, 0.4) is 0 Å². The van der Waals surface area contributed by atoms with Crippen molar-refractivity contribution in [1.29, 1.82) is 0 Å². The number of benzene rings is 3. The summed E-state index contributed by atoms with van der Waals surface area (Å²) < 4.78 is 51.1. The Balaban J connectivity index is 1.70. The molecular weight excluding hydrogens is 435 g/mol. The summed E-state index contributed by atoms with van der Waals surface area (Å²) in [4.78, 5) is 12.6. The normalized spacial score (nSPS) is 10.9. The van der Waals surface area contributed by atoms with Gasteiger partial charge in [-0.25, -0.2) is 12.8 Å². The van der Waals surface area contributed by atoms with E-state index in [4.69, 9.17) is 9.47 Å². The Morgan fingerprint density at radius 2 is 1.69 bits per heavy atom. The van der Waals surface area contributed by atoms with Crippen molar-refractivity contribution in [1.82, 2.24) is 5.32 Å². The molecule has 0 aliphatic rings. The van der Waals surface area contributed by atoms with Crippen LogP contribution in [-0.4, -0.2) is 41.1 Å². The predicted octanol–water partition coefficient (Wildman–Crippen LogP) is 3.22. The van der Waals surface area contributed by atoms with Crippen LogP contribution in [0.5, 0.6) is 11.5 Å². The molecule has 0 unspecified atom stereocenters. The highest BCUT2D eigenvalue weighted by Crippen LogP contribution is 2.26. The van der Waals surface area contributed by atoms with Crippen LogP contribution in [0.2, 0.25) is 0 Å². The minimum Gasteiger partial charge on any atom is -0.497 e. The van der Waals surface area contributed by atoms with E-state index in [1.165, 1.54) is 43.5 Å². The Morgan fingerprint density at radius 3 is 2.38 bits per heavy atom. The Bertz CT molecular complexity index is 1140. The van der Waals surface area contributed by atoms with Gasteiger partial charge in [-0.15, -0.1) is 0 Å². The quantitative estimate of drug-likeness (QED) is 0.472. The number of sulfonamides is 1. The topological polar surface area (TPSA) is 84.9 Å². The Morgan fingerprint density at radius 1 is 0.969 bits per heavy atom. The number of hydrogen-bond acceptors (Lipinski definition) is 5. The van der Waals surface area contributed by atoms with Gasteiger partial charge in [0.2, 0.25) is 5.91 Å². The Hall–Kier alpha value is -3.59. The molecule has 0 aromatic heterocycles. The van der Waals surface area contributed by atoms with E-state index in [1.54, 1.807) is 42.5 Å². The SMILES string of the molecule is COc1cccc(N(CC(=O)NCCOc2ccc(F)cc2)S(=O)(=O)c2ccccc2)c1. The molecular formula is C23H23FN2O5S. The zero-order valence-corrected chi connectivity index (χ0v) is 18.2. The van der Waals surface area contributed by atoms with Crippen molar-refractivity contribution in [2.75, 3.05) is 31.1 Å². The summed E-state index contributed by atoms with van der Waals surface area (Å²) in [6, 6.07) is 19.9. The summed E-state index contributed by atoms with van der Waals surface area (Å²) in [5.74, 6) is 0.0483. The fraction of sp³-hybridized carbons (Fsp3) is 0.174. The number of nitrogens with one attached hydrogen (secondary N) is 1. The van der Waals surface area contributed by atoms with E-state index in [1.807, 2.05) is 0 Å². The van der Waals surface area contributed by atoms with Gasteiger partial charge >= 0.3 is 0 Å². The van der Waals surface area contributed by atoms with Crippen LogP contribution in [0.1, 0.15) is 0 Å².